The fourth-order valence-corrected chi connectivity index (χ4v) is 3.73. The number of hydrogen-bond donors (Lipinski definition) is 0. The molecule has 0 aromatic heterocycles. The molecule has 0 aliphatic heterocycles. The smallest absolute Gasteiger partial charge is 0.0216 e. The minimum Gasteiger partial charge on any atom is -0.0622 e. The molecule has 0 fully saturated rings. The Bertz CT molecular complexity index is 1030. The lowest BCUT2D eigenvalue weighted by molar-refractivity contribution is 1.42. The van der Waals surface area contributed by atoms with Crippen LogP contribution in [0, 0.1) is 6.92 Å². The van der Waals surface area contributed by atoms with Crippen LogP contribution in [0.5, 0.6) is 0 Å². The molecular formula is C25H19Br. The molecule has 4 rings (SSSR count). The molecule has 0 N–H and O–H groups in total. The van der Waals surface area contributed by atoms with E-state index in [1.54, 1.807) is 0 Å². The lowest BCUT2D eigenvalue weighted by Gasteiger charge is -2.13. The van der Waals surface area contributed by atoms with Crippen molar-refractivity contribution in [2.75, 3.05) is 0 Å². The van der Waals surface area contributed by atoms with Crippen LogP contribution < -0.4 is 0 Å². The molecule has 26 heavy (non-hydrogen) atoms. The quantitative estimate of drug-likeness (QED) is 0.330. The molecule has 1 heteroatoms. The molecule has 126 valence electrons. The van der Waals surface area contributed by atoms with Crippen LogP contribution >= 0.6 is 15.9 Å². The van der Waals surface area contributed by atoms with Gasteiger partial charge in [0, 0.05) is 4.47 Å². The highest BCUT2D eigenvalue weighted by atomic mass is 79.9. The van der Waals surface area contributed by atoms with Gasteiger partial charge < -0.3 is 0 Å². The van der Waals surface area contributed by atoms with Gasteiger partial charge in [-0.25, -0.2) is 0 Å². The van der Waals surface area contributed by atoms with E-state index in [1.807, 2.05) is 0 Å². The SMILES string of the molecule is Cc1c(Br)cc(-c2ccccc2)cc1-c1cccc(-c2ccccc2)c1. The lowest BCUT2D eigenvalue weighted by Crippen LogP contribution is -1.89. The molecule has 0 aliphatic carbocycles. The summed E-state index contributed by atoms with van der Waals surface area (Å²) in [6, 6.07) is 34.3. The molecule has 0 amide bonds. The molecule has 0 spiro atoms. The van der Waals surface area contributed by atoms with Crippen molar-refractivity contribution in [1.82, 2.24) is 0 Å². The summed E-state index contributed by atoms with van der Waals surface area (Å²) in [7, 11) is 0. The van der Waals surface area contributed by atoms with E-state index in [2.05, 4.69) is 120 Å². The maximum absolute atomic E-state index is 3.75. The Labute approximate surface area is 163 Å². The van der Waals surface area contributed by atoms with Gasteiger partial charge in [0.25, 0.3) is 0 Å². The minimum absolute atomic E-state index is 1.14. The predicted molar refractivity (Wildman–Crippen MR) is 115 cm³/mol. The van der Waals surface area contributed by atoms with Crippen LogP contribution in [-0.2, 0) is 0 Å². The van der Waals surface area contributed by atoms with Gasteiger partial charge in [0.2, 0.25) is 0 Å². The van der Waals surface area contributed by atoms with Crippen LogP contribution in [0.1, 0.15) is 5.56 Å². The van der Waals surface area contributed by atoms with Gasteiger partial charge >= 0.3 is 0 Å². The summed E-state index contributed by atoms with van der Waals surface area (Å²) in [5, 5.41) is 0. The van der Waals surface area contributed by atoms with Gasteiger partial charge in [0.1, 0.15) is 0 Å². The Morgan fingerprint density at radius 1 is 0.500 bits per heavy atom. The second kappa shape index (κ2) is 7.31. The van der Waals surface area contributed by atoms with Crippen molar-refractivity contribution >= 4 is 15.9 Å². The molecule has 0 atom stereocenters. The van der Waals surface area contributed by atoms with E-state index in [9.17, 15) is 0 Å². The van der Waals surface area contributed by atoms with Crippen molar-refractivity contribution < 1.29 is 0 Å². The molecule has 0 radical (unpaired) electrons. The summed E-state index contributed by atoms with van der Waals surface area (Å²) in [6.07, 6.45) is 0. The first-order valence-corrected chi connectivity index (χ1v) is 9.53. The van der Waals surface area contributed by atoms with E-state index in [1.165, 1.54) is 38.9 Å². The summed E-state index contributed by atoms with van der Waals surface area (Å²) >= 11 is 3.75. The van der Waals surface area contributed by atoms with Gasteiger partial charge in [-0.05, 0) is 64.1 Å². The topological polar surface area (TPSA) is 0 Å². The summed E-state index contributed by atoms with van der Waals surface area (Å²) < 4.78 is 1.14. The number of benzene rings is 4. The predicted octanol–water partition coefficient (Wildman–Crippen LogP) is 7.76. The van der Waals surface area contributed by atoms with E-state index >= 15 is 0 Å². The van der Waals surface area contributed by atoms with Crippen LogP contribution in [-0.4, -0.2) is 0 Å². The van der Waals surface area contributed by atoms with Gasteiger partial charge in [0.05, 0.1) is 0 Å². The van der Waals surface area contributed by atoms with Crippen molar-refractivity contribution in [2.24, 2.45) is 0 Å². The largest absolute Gasteiger partial charge is 0.0622 e. The van der Waals surface area contributed by atoms with Gasteiger partial charge in [-0.15, -0.1) is 0 Å². The van der Waals surface area contributed by atoms with E-state index < -0.39 is 0 Å². The van der Waals surface area contributed by atoms with Crippen molar-refractivity contribution in [3.8, 4) is 33.4 Å². The Morgan fingerprint density at radius 3 is 1.69 bits per heavy atom. The molecule has 0 bridgehead atoms. The molecule has 0 saturated heterocycles. The zero-order valence-corrected chi connectivity index (χ0v) is 16.2. The monoisotopic (exact) mass is 398 g/mol. The molecule has 0 heterocycles. The second-order valence-electron chi connectivity index (χ2n) is 6.44. The Morgan fingerprint density at radius 2 is 1.04 bits per heavy atom. The molecule has 0 unspecified atom stereocenters. The zero-order chi connectivity index (χ0) is 17.9. The summed E-state index contributed by atoms with van der Waals surface area (Å²) in [4.78, 5) is 0. The zero-order valence-electron chi connectivity index (χ0n) is 14.6. The van der Waals surface area contributed by atoms with Gasteiger partial charge in [-0.2, -0.15) is 0 Å². The first-order chi connectivity index (χ1) is 12.7. The van der Waals surface area contributed by atoms with Crippen LogP contribution in [0.4, 0.5) is 0 Å². The fraction of sp³-hybridized carbons (Fsp3) is 0.0400. The van der Waals surface area contributed by atoms with Gasteiger partial charge in [0.15, 0.2) is 0 Å². The average molecular weight is 399 g/mol. The van der Waals surface area contributed by atoms with Crippen LogP contribution in [0.2, 0.25) is 0 Å². The van der Waals surface area contributed by atoms with Crippen molar-refractivity contribution in [3.05, 3.63) is 107 Å². The maximum atomic E-state index is 3.75. The lowest BCUT2D eigenvalue weighted by atomic mass is 9.93. The summed E-state index contributed by atoms with van der Waals surface area (Å²) in [6.45, 7) is 2.17. The average Bonchev–Trinajstić information content (AvgIpc) is 2.71. The summed E-state index contributed by atoms with van der Waals surface area (Å²) in [5.74, 6) is 0. The summed E-state index contributed by atoms with van der Waals surface area (Å²) in [5.41, 5.74) is 8.69. The van der Waals surface area contributed by atoms with Crippen LogP contribution in [0.25, 0.3) is 33.4 Å². The normalized spacial score (nSPS) is 10.7. The van der Waals surface area contributed by atoms with E-state index in [4.69, 9.17) is 0 Å². The Balaban J connectivity index is 1.85. The standard InChI is InChI=1S/C25H19Br/c1-18-24(16-23(17-25(18)26)20-11-6-3-7-12-20)22-14-8-13-21(15-22)19-9-4-2-5-10-19/h2-17H,1H3. The third kappa shape index (κ3) is 3.36. The molecule has 0 aliphatic rings. The Hall–Kier alpha value is -2.64. The van der Waals surface area contributed by atoms with E-state index in [0.29, 0.717) is 0 Å². The highest BCUT2D eigenvalue weighted by molar-refractivity contribution is 9.10. The number of halogens is 1. The third-order valence-electron chi connectivity index (χ3n) is 4.73. The van der Waals surface area contributed by atoms with E-state index in [0.717, 1.165) is 4.47 Å². The third-order valence-corrected chi connectivity index (χ3v) is 5.56. The van der Waals surface area contributed by atoms with Gasteiger partial charge in [-0.1, -0.05) is 94.8 Å². The number of rotatable bonds is 3. The first kappa shape index (κ1) is 16.8. The first-order valence-electron chi connectivity index (χ1n) is 8.74. The molecular weight excluding hydrogens is 380 g/mol. The molecule has 4 aromatic rings. The van der Waals surface area contributed by atoms with Gasteiger partial charge in [-0.3, -0.25) is 0 Å². The molecule has 0 nitrogen and oxygen atoms in total. The van der Waals surface area contributed by atoms with Crippen LogP contribution in [0.15, 0.2) is 102 Å². The Kier molecular flexibility index (Phi) is 4.73. The second-order valence-corrected chi connectivity index (χ2v) is 7.30. The molecule has 0 saturated carbocycles. The van der Waals surface area contributed by atoms with Crippen LogP contribution in [0.3, 0.4) is 0 Å². The number of hydrogen-bond acceptors (Lipinski definition) is 0. The maximum Gasteiger partial charge on any atom is 0.0216 e. The van der Waals surface area contributed by atoms with Crippen molar-refractivity contribution in [2.45, 2.75) is 6.92 Å². The highest BCUT2D eigenvalue weighted by Crippen LogP contribution is 2.35. The highest BCUT2D eigenvalue weighted by Gasteiger charge is 2.10. The fourth-order valence-electron chi connectivity index (χ4n) is 3.27. The molecule has 4 aromatic carbocycles. The van der Waals surface area contributed by atoms with E-state index in [-0.39, 0.29) is 0 Å². The van der Waals surface area contributed by atoms with Crippen molar-refractivity contribution in [3.63, 3.8) is 0 Å². The van der Waals surface area contributed by atoms with Crippen molar-refractivity contribution in [1.29, 1.82) is 0 Å². The minimum atomic E-state index is 1.14.